The minimum Gasteiger partial charge on any atom is -0.383 e. The van der Waals surface area contributed by atoms with Gasteiger partial charge in [0.2, 0.25) is 11.8 Å². The molecule has 1 spiro atoms. The van der Waals surface area contributed by atoms with Crippen LogP contribution in [0.25, 0.3) is 0 Å². The van der Waals surface area contributed by atoms with Gasteiger partial charge in [0.15, 0.2) is 5.82 Å². The second-order valence-corrected chi connectivity index (χ2v) is 6.85. The van der Waals surface area contributed by atoms with Crippen LogP contribution in [0.3, 0.4) is 0 Å². The molecule has 7 heteroatoms. The number of methoxy groups -OCH3 is 1. The quantitative estimate of drug-likeness (QED) is 0.812. The summed E-state index contributed by atoms with van der Waals surface area (Å²) < 4.78 is 10.2. The highest BCUT2D eigenvalue weighted by atomic mass is 16.5. The van der Waals surface area contributed by atoms with Gasteiger partial charge >= 0.3 is 0 Å². The summed E-state index contributed by atoms with van der Waals surface area (Å²) in [7, 11) is 1.68. The molecule has 0 aliphatic carbocycles. The zero-order valence-corrected chi connectivity index (χ0v) is 14.1. The normalized spacial score (nSPS) is 26.2. The average Bonchev–Trinajstić information content (AvgIpc) is 2.94. The number of hydrogen-bond donors (Lipinski definition) is 0. The van der Waals surface area contributed by atoms with Gasteiger partial charge in [-0.15, -0.1) is 0 Å². The van der Waals surface area contributed by atoms with Gasteiger partial charge < -0.3 is 14.2 Å². The van der Waals surface area contributed by atoms with Gasteiger partial charge in [-0.25, -0.2) is 0 Å². The lowest BCUT2D eigenvalue weighted by atomic mass is 9.73. The van der Waals surface area contributed by atoms with Crippen molar-refractivity contribution in [2.45, 2.75) is 39.2 Å². The van der Waals surface area contributed by atoms with Crippen molar-refractivity contribution in [3.05, 3.63) is 11.7 Å². The van der Waals surface area contributed by atoms with Gasteiger partial charge in [-0.2, -0.15) is 4.98 Å². The maximum Gasteiger partial charge on any atom is 0.223 e. The Bertz CT molecular complexity index is 547. The number of piperidine rings is 2. The molecule has 0 radical (unpaired) electrons. The van der Waals surface area contributed by atoms with Gasteiger partial charge in [-0.1, -0.05) is 5.16 Å². The maximum absolute atomic E-state index is 12.1. The Hall–Kier alpha value is -1.47. The Balaban J connectivity index is 1.63. The van der Waals surface area contributed by atoms with Crippen molar-refractivity contribution in [1.82, 2.24) is 19.9 Å². The molecule has 2 saturated heterocycles. The molecule has 0 aromatic carbocycles. The van der Waals surface area contributed by atoms with Gasteiger partial charge in [0.05, 0.1) is 13.2 Å². The van der Waals surface area contributed by atoms with E-state index in [1.54, 1.807) is 7.11 Å². The minimum absolute atomic E-state index is 0.207. The number of ether oxygens (including phenoxy) is 1. The third-order valence-electron chi connectivity index (χ3n) is 4.99. The monoisotopic (exact) mass is 322 g/mol. The number of hydrogen-bond acceptors (Lipinski definition) is 6. The van der Waals surface area contributed by atoms with Gasteiger partial charge in [0, 0.05) is 45.5 Å². The maximum atomic E-state index is 12.1. The predicted molar refractivity (Wildman–Crippen MR) is 83.7 cm³/mol. The lowest BCUT2D eigenvalue weighted by Crippen LogP contribution is -2.54. The van der Waals surface area contributed by atoms with Crippen LogP contribution in [-0.2, 0) is 16.1 Å². The molecule has 2 aliphatic heterocycles. The largest absolute Gasteiger partial charge is 0.383 e. The van der Waals surface area contributed by atoms with E-state index in [4.69, 9.17) is 9.26 Å². The van der Waals surface area contributed by atoms with E-state index in [2.05, 4.69) is 15.0 Å². The summed E-state index contributed by atoms with van der Waals surface area (Å²) in [6.45, 7) is 6.74. The van der Waals surface area contributed by atoms with Crippen LogP contribution in [-0.4, -0.2) is 65.7 Å². The smallest absolute Gasteiger partial charge is 0.223 e. The van der Waals surface area contributed by atoms with Crippen LogP contribution >= 0.6 is 0 Å². The molecule has 1 aromatic heterocycles. The van der Waals surface area contributed by atoms with Gasteiger partial charge in [-0.3, -0.25) is 9.69 Å². The summed E-state index contributed by atoms with van der Waals surface area (Å²) in [6.07, 6.45) is 3.98. The molecule has 2 fully saturated rings. The first-order valence-electron chi connectivity index (χ1n) is 8.38. The van der Waals surface area contributed by atoms with Crippen LogP contribution in [0.2, 0.25) is 0 Å². The van der Waals surface area contributed by atoms with E-state index in [1.165, 1.54) is 6.42 Å². The number of nitrogens with zero attached hydrogens (tertiary/aromatic N) is 4. The SMILES string of the molecule is COCCN1CC2(CCCN(Cc3noc(C)n3)C2)CCC1=O. The molecule has 2 aliphatic rings. The molecule has 3 heterocycles. The molecular formula is C16H26N4O3. The summed E-state index contributed by atoms with van der Waals surface area (Å²) >= 11 is 0. The van der Waals surface area contributed by atoms with Gasteiger partial charge in [-0.05, 0) is 25.8 Å². The fourth-order valence-corrected chi connectivity index (χ4v) is 3.89. The first-order chi connectivity index (χ1) is 11.1. The van der Waals surface area contributed by atoms with Crippen molar-refractivity contribution < 1.29 is 14.1 Å². The Kier molecular flexibility index (Phi) is 4.96. The summed E-state index contributed by atoms with van der Waals surface area (Å²) in [6, 6.07) is 0. The molecule has 1 amide bonds. The third kappa shape index (κ3) is 3.90. The first kappa shape index (κ1) is 16.4. The summed E-state index contributed by atoms with van der Waals surface area (Å²) in [5, 5.41) is 4.00. The Morgan fingerprint density at radius 1 is 1.35 bits per heavy atom. The standard InChI is InChI=1S/C16H26N4O3/c1-13-17-14(18-23-13)10-19-7-3-5-16(11-19)6-4-15(21)20(12-16)8-9-22-2/h3-12H2,1-2H3. The highest BCUT2D eigenvalue weighted by Gasteiger charge is 2.41. The second kappa shape index (κ2) is 6.97. The van der Waals surface area contributed by atoms with E-state index >= 15 is 0 Å². The predicted octanol–water partition coefficient (Wildman–Crippen LogP) is 1.23. The van der Waals surface area contributed by atoms with E-state index in [1.807, 2.05) is 11.8 Å². The van der Waals surface area contributed by atoms with Crippen molar-refractivity contribution in [2.24, 2.45) is 5.41 Å². The van der Waals surface area contributed by atoms with E-state index in [0.29, 0.717) is 25.5 Å². The van der Waals surface area contributed by atoms with E-state index in [9.17, 15) is 4.79 Å². The number of carbonyl (C=O) groups is 1. The van der Waals surface area contributed by atoms with Gasteiger partial charge in [0.25, 0.3) is 0 Å². The number of carbonyl (C=O) groups excluding carboxylic acids is 1. The summed E-state index contributed by atoms with van der Waals surface area (Å²) in [4.78, 5) is 20.8. The number of aromatic nitrogens is 2. The fourth-order valence-electron chi connectivity index (χ4n) is 3.89. The number of aryl methyl sites for hydroxylation is 1. The fraction of sp³-hybridized carbons (Fsp3) is 0.812. The first-order valence-corrected chi connectivity index (χ1v) is 8.38. The van der Waals surface area contributed by atoms with Crippen LogP contribution in [0, 0.1) is 12.3 Å². The lowest BCUT2D eigenvalue weighted by Gasteiger charge is -2.48. The molecule has 23 heavy (non-hydrogen) atoms. The average molecular weight is 322 g/mol. The Morgan fingerprint density at radius 3 is 2.96 bits per heavy atom. The van der Waals surface area contributed by atoms with E-state index in [-0.39, 0.29) is 11.3 Å². The van der Waals surface area contributed by atoms with Crippen LogP contribution in [0.5, 0.6) is 0 Å². The minimum atomic E-state index is 0.207. The molecule has 1 unspecified atom stereocenters. The highest BCUT2D eigenvalue weighted by Crippen LogP contribution is 2.39. The van der Waals surface area contributed by atoms with Crippen LogP contribution in [0.4, 0.5) is 0 Å². The Morgan fingerprint density at radius 2 is 2.22 bits per heavy atom. The van der Waals surface area contributed by atoms with Crippen molar-refractivity contribution in [3.63, 3.8) is 0 Å². The summed E-state index contributed by atoms with van der Waals surface area (Å²) in [5.41, 5.74) is 0.207. The second-order valence-electron chi connectivity index (χ2n) is 6.85. The van der Waals surface area contributed by atoms with E-state index in [0.717, 1.165) is 44.8 Å². The van der Waals surface area contributed by atoms with Crippen LogP contribution in [0.15, 0.2) is 4.52 Å². The number of amides is 1. The lowest BCUT2D eigenvalue weighted by molar-refractivity contribution is -0.140. The zero-order valence-electron chi connectivity index (χ0n) is 14.1. The molecule has 0 saturated carbocycles. The number of rotatable bonds is 5. The zero-order chi connectivity index (χ0) is 16.3. The van der Waals surface area contributed by atoms with Crippen LogP contribution in [0.1, 0.15) is 37.4 Å². The van der Waals surface area contributed by atoms with Crippen molar-refractivity contribution >= 4 is 5.91 Å². The molecule has 1 atom stereocenters. The highest BCUT2D eigenvalue weighted by molar-refractivity contribution is 5.77. The molecular weight excluding hydrogens is 296 g/mol. The topological polar surface area (TPSA) is 71.7 Å². The molecule has 128 valence electrons. The third-order valence-corrected chi connectivity index (χ3v) is 4.99. The molecule has 0 N–H and O–H groups in total. The Labute approximate surface area is 137 Å². The summed E-state index contributed by atoms with van der Waals surface area (Å²) in [5.74, 6) is 1.63. The van der Waals surface area contributed by atoms with Crippen molar-refractivity contribution in [1.29, 1.82) is 0 Å². The number of likely N-dealkylation sites (tertiary alicyclic amines) is 2. The van der Waals surface area contributed by atoms with Crippen LogP contribution < -0.4 is 0 Å². The molecule has 3 rings (SSSR count). The van der Waals surface area contributed by atoms with Gasteiger partial charge in [0.1, 0.15) is 0 Å². The van der Waals surface area contributed by atoms with Crippen molar-refractivity contribution in [2.75, 3.05) is 39.9 Å². The van der Waals surface area contributed by atoms with Crippen molar-refractivity contribution in [3.8, 4) is 0 Å². The van der Waals surface area contributed by atoms with E-state index < -0.39 is 0 Å². The molecule has 7 nitrogen and oxygen atoms in total. The molecule has 1 aromatic rings. The molecule has 0 bridgehead atoms.